The summed E-state index contributed by atoms with van der Waals surface area (Å²) in [6, 6.07) is 9.31. The van der Waals surface area contributed by atoms with Crippen molar-refractivity contribution in [1.82, 2.24) is 0 Å². The molecule has 5 heteroatoms. The van der Waals surface area contributed by atoms with Gasteiger partial charge in [-0.25, -0.2) is 0 Å². The third kappa shape index (κ3) is 2.51. The predicted octanol–water partition coefficient (Wildman–Crippen LogP) is 1.93. The van der Waals surface area contributed by atoms with E-state index in [1.807, 2.05) is 30.3 Å². The quantitative estimate of drug-likeness (QED) is 0.437. The minimum atomic E-state index is -1.50. The standard InChI is InChI=1S/C17H20O5/c1-3-21-14(19)17(15(20)22-4-2)11-16(17,12-18)10-13-8-6-5-7-9-13/h5-9,12H,3-4,10-11H2,1-2H3/t16-/m0/s1. The fraction of sp³-hybridized carbons (Fsp3) is 0.471. The van der Waals surface area contributed by atoms with Gasteiger partial charge >= 0.3 is 11.9 Å². The molecule has 0 aromatic heterocycles. The van der Waals surface area contributed by atoms with Gasteiger partial charge in [0.1, 0.15) is 6.29 Å². The van der Waals surface area contributed by atoms with Crippen molar-refractivity contribution >= 4 is 18.2 Å². The zero-order chi connectivity index (χ0) is 16.2. The normalized spacial score (nSPS) is 21.7. The Hall–Kier alpha value is -2.17. The molecule has 1 aliphatic carbocycles. The van der Waals surface area contributed by atoms with Crippen LogP contribution in [0.4, 0.5) is 0 Å². The molecule has 0 bridgehead atoms. The number of rotatable bonds is 7. The van der Waals surface area contributed by atoms with Crippen LogP contribution in [0.15, 0.2) is 30.3 Å². The Balaban J connectivity index is 2.33. The van der Waals surface area contributed by atoms with E-state index in [1.54, 1.807) is 13.8 Å². The Labute approximate surface area is 129 Å². The van der Waals surface area contributed by atoms with Crippen LogP contribution in [0.2, 0.25) is 0 Å². The van der Waals surface area contributed by atoms with Gasteiger partial charge in [0.25, 0.3) is 0 Å². The molecule has 0 spiro atoms. The van der Waals surface area contributed by atoms with Gasteiger partial charge in [0.05, 0.1) is 18.6 Å². The fourth-order valence-electron chi connectivity index (χ4n) is 2.93. The number of carbonyl (C=O) groups is 3. The van der Waals surface area contributed by atoms with Crippen molar-refractivity contribution in [3.63, 3.8) is 0 Å². The van der Waals surface area contributed by atoms with Gasteiger partial charge in [-0.1, -0.05) is 30.3 Å². The van der Waals surface area contributed by atoms with E-state index in [1.165, 1.54) is 0 Å². The first kappa shape index (κ1) is 16.2. The highest BCUT2D eigenvalue weighted by molar-refractivity contribution is 6.09. The zero-order valence-electron chi connectivity index (χ0n) is 12.8. The van der Waals surface area contributed by atoms with Crippen LogP contribution in [0.5, 0.6) is 0 Å². The lowest BCUT2D eigenvalue weighted by atomic mass is 9.87. The Morgan fingerprint density at radius 3 is 2.09 bits per heavy atom. The summed E-state index contributed by atoms with van der Waals surface area (Å²) in [6.45, 7) is 3.64. The molecule has 0 amide bonds. The van der Waals surface area contributed by atoms with Crippen LogP contribution >= 0.6 is 0 Å². The lowest BCUT2D eigenvalue weighted by Gasteiger charge is -2.19. The summed E-state index contributed by atoms with van der Waals surface area (Å²) >= 11 is 0. The number of hydrogen-bond donors (Lipinski definition) is 0. The Morgan fingerprint density at radius 1 is 1.09 bits per heavy atom. The summed E-state index contributed by atoms with van der Waals surface area (Å²) in [6.07, 6.45) is 1.15. The van der Waals surface area contributed by atoms with Crippen molar-refractivity contribution in [3.05, 3.63) is 35.9 Å². The van der Waals surface area contributed by atoms with Crippen LogP contribution in [-0.4, -0.2) is 31.4 Å². The molecule has 1 saturated carbocycles. The molecule has 0 aliphatic heterocycles. The van der Waals surface area contributed by atoms with Crippen molar-refractivity contribution in [2.45, 2.75) is 26.7 Å². The number of hydrogen-bond acceptors (Lipinski definition) is 5. The second-order valence-corrected chi connectivity index (χ2v) is 5.46. The largest absolute Gasteiger partial charge is 0.465 e. The van der Waals surface area contributed by atoms with Crippen molar-refractivity contribution in [1.29, 1.82) is 0 Å². The maximum atomic E-state index is 12.3. The van der Waals surface area contributed by atoms with E-state index < -0.39 is 22.8 Å². The van der Waals surface area contributed by atoms with E-state index in [4.69, 9.17) is 9.47 Å². The monoisotopic (exact) mass is 304 g/mol. The van der Waals surface area contributed by atoms with Crippen molar-refractivity contribution in [3.8, 4) is 0 Å². The molecule has 22 heavy (non-hydrogen) atoms. The molecule has 5 nitrogen and oxygen atoms in total. The highest BCUT2D eigenvalue weighted by Gasteiger charge is 2.78. The summed E-state index contributed by atoms with van der Waals surface area (Å²) in [5, 5.41) is 0. The first-order chi connectivity index (χ1) is 10.6. The first-order valence-electron chi connectivity index (χ1n) is 7.41. The predicted molar refractivity (Wildman–Crippen MR) is 79.0 cm³/mol. The van der Waals surface area contributed by atoms with Gasteiger partial charge < -0.3 is 14.3 Å². The number of carbonyl (C=O) groups excluding carboxylic acids is 3. The maximum Gasteiger partial charge on any atom is 0.324 e. The highest BCUT2D eigenvalue weighted by atomic mass is 16.6. The van der Waals surface area contributed by atoms with Crippen LogP contribution in [-0.2, 0) is 30.3 Å². The Kier molecular flexibility index (Phi) is 4.64. The topological polar surface area (TPSA) is 69.7 Å². The highest BCUT2D eigenvalue weighted by Crippen LogP contribution is 2.65. The maximum absolute atomic E-state index is 12.3. The van der Waals surface area contributed by atoms with Crippen LogP contribution in [0, 0.1) is 10.8 Å². The minimum absolute atomic E-state index is 0.135. The van der Waals surface area contributed by atoms with Crippen LogP contribution in [0.25, 0.3) is 0 Å². The van der Waals surface area contributed by atoms with E-state index in [9.17, 15) is 14.4 Å². The Morgan fingerprint density at radius 2 is 1.64 bits per heavy atom. The molecule has 1 aromatic rings. The first-order valence-corrected chi connectivity index (χ1v) is 7.41. The van der Waals surface area contributed by atoms with Gasteiger partial charge in [-0.05, 0) is 32.3 Å². The van der Waals surface area contributed by atoms with Crippen molar-refractivity contribution in [2.24, 2.45) is 10.8 Å². The number of benzene rings is 1. The number of esters is 2. The van der Waals surface area contributed by atoms with E-state index >= 15 is 0 Å². The minimum Gasteiger partial charge on any atom is -0.465 e. The van der Waals surface area contributed by atoms with Gasteiger partial charge in [0.2, 0.25) is 0 Å². The van der Waals surface area contributed by atoms with Gasteiger partial charge in [-0.2, -0.15) is 0 Å². The lowest BCUT2D eigenvalue weighted by molar-refractivity contribution is -0.167. The van der Waals surface area contributed by atoms with Crippen LogP contribution in [0.3, 0.4) is 0 Å². The number of ether oxygens (including phenoxy) is 2. The Bertz CT molecular complexity index is 548. The molecule has 1 atom stereocenters. The molecule has 0 unspecified atom stereocenters. The van der Waals surface area contributed by atoms with Crippen molar-refractivity contribution < 1.29 is 23.9 Å². The molecule has 1 aliphatic rings. The van der Waals surface area contributed by atoms with E-state index in [2.05, 4.69) is 0 Å². The summed E-state index contributed by atoms with van der Waals surface area (Å²) < 4.78 is 10.1. The summed E-state index contributed by atoms with van der Waals surface area (Å²) in [4.78, 5) is 36.4. The molecule has 2 rings (SSSR count). The average Bonchev–Trinajstić information content (AvgIpc) is 3.19. The van der Waals surface area contributed by atoms with Crippen LogP contribution in [0.1, 0.15) is 25.8 Å². The molecule has 0 heterocycles. The molecule has 1 fully saturated rings. The van der Waals surface area contributed by atoms with E-state index in [0.717, 1.165) is 5.56 Å². The summed E-state index contributed by atoms with van der Waals surface area (Å²) in [5.41, 5.74) is -1.69. The molecule has 0 N–H and O–H groups in total. The third-order valence-electron chi connectivity index (χ3n) is 4.14. The smallest absolute Gasteiger partial charge is 0.324 e. The van der Waals surface area contributed by atoms with Gasteiger partial charge in [-0.3, -0.25) is 9.59 Å². The summed E-state index contributed by atoms with van der Waals surface area (Å²) in [5.74, 6) is -1.34. The van der Waals surface area contributed by atoms with Gasteiger partial charge in [-0.15, -0.1) is 0 Å². The molecule has 0 saturated heterocycles. The molecule has 1 aromatic carbocycles. The van der Waals surface area contributed by atoms with E-state index in [0.29, 0.717) is 12.7 Å². The van der Waals surface area contributed by atoms with Crippen LogP contribution < -0.4 is 0 Å². The van der Waals surface area contributed by atoms with Gasteiger partial charge in [0.15, 0.2) is 5.41 Å². The zero-order valence-corrected chi connectivity index (χ0v) is 12.8. The fourth-order valence-corrected chi connectivity index (χ4v) is 2.93. The second-order valence-electron chi connectivity index (χ2n) is 5.46. The summed E-state index contributed by atoms with van der Waals surface area (Å²) in [7, 11) is 0. The number of aldehydes is 1. The van der Waals surface area contributed by atoms with Crippen molar-refractivity contribution in [2.75, 3.05) is 13.2 Å². The third-order valence-corrected chi connectivity index (χ3v) is 4.14. The van der Waals surface area contributed by atoms with Gasteiger partial charge in [0, 0.05) is 0 Å². The molecule has 0 radical (unpaired) electrons. The lowest BCUT2D eigenvalue weighted by Crippen LogP contribution is -2.37. The van der Waals surface area contributed by atoms with E-state index in [-0.39, 0.29) is 19.6 Å². The average molecular weight is 304 g/mol. The second kappa shape index (κ2) is 6.30. The molecular weight excluding hydrogens is 284 g/mol. The SMILES string of the molecule is CCOC(=O)C1(C(=O)OCC)C[C@]1(C=O)Cc1ccccc1. The molecule has 118 valence electrons. The molecular formula is C17H20O5.